The molecule has 0 spiro atoms. The van der Waals surface area contributed by atoms with Crippen molar-refractivity contribution in [2.75, 3.05) is 13.6 Å². The normalized spacial score (nSPS) is 16.3. The molecule has 1 saturated carbocycles. The van der Waals surface area contributed by atoms with E-state index in [9.17, 15) is 14.4 Å². The van der Waals surface area contributed by atoms with Crippen LogP contribution in [0.5, 0.6) is 0 Å². The fourth-order valence-electron chi connectivity index (χ4n) is 1.93. The topological polar surface area (TPSA) is 107 Å². The molecule has 2 amide bonds. The van der Waals surface area contributed by atoms with Crippen LogP contribution in [-0.2, 0) is 9.59 Å². The molecule has 0 aromatic rings. The van der Waals surface area contributed by atoms with E-state index in [-0.39, 0.29) is 12.8 Å². The first kappa shape index (κ1) is 15.3. The van der Waals surface area contributed by atoms with E-state index in [1.54, 1.807) is 7.05 Å². The average Bonchev–Trinajstić information content (AvgIpc) is 2.27. The number of rotatable bonds is 7. The number of aliphatic carboxylic acids is 2. The number of carboxylic acid groups (broad SMARTS) is 2. The predicted molar refractivity (Wildman–Crippen MR) is 66.8 cm³/mol. The van der Waals surface area contributed by atoms with Crippen molar-refractivity contribution in [1.82, 2.24) is 10.2 Å². The first-order chi connectivity index (χ1) is 8.90. The molecule has 0 aromatic heterocycles. The zero-order valence-corrected chi connectivity index (χ0v) is 11.0. The van der Waals surface area contributed by atoms with Gasteiger partial charge in [0.2, 0.25) is 0 Å². The van der Waals surface area contributed by atoms with Crippen LogP contribution in [0.4, 0.5) is 4.79 Å². The maximum atomic E-state index is 11.8. The second-order valence-corrected chi connectivity index (χ2v) is 4.95. The molecule has 0 aliphatic heterocycles. The van der Waals surface area contributed by atoms with E-state index >= 15 is 0 Å². The van der Waals surface area contributed by atoms with E-state index in [2.05, 4.69) is 5.32 Å². The summed E-state index contributed by atoms with van der Waals surface area (Å²) >= 11 is 0. The maximum absolute atomic E-state index is 11.8. The number of nitrogens with one attached hydrogen (secondary N) is 1. The Morgan fingerprint density at radius 3 is 2.37 bits per heavy atom. The molecule has 1 aliphatic rings. The van der Waals surface area contributed by atoms with Crippen LogP contribution in [0.15, 0.2) is 0 Å². The second kappa shape index (κ2) is 6.96. The van der Waals surface area contributed by atoms with E-state index in [1.807, 2.05) is 0 Å². The van der Waals surface area contributed by atoms with Crippen molar-refractivity contribution >= 4 is 18.0 Å². The molecule has 108 valence electrons. The highest BCUT2D eigenvalue weighted by Crippen LogP contribution is 2.26. The lowest BCUT2D eigenvalue weighted by atomic mass is 9.85. The summed E-state index contributed by atoms with van der Waals surface area (Å²) in [7, 11) is 1.61. The van der Waals surface area contributed by atoms with Gasteiger partial charge >= 0.3 is 18.0 Å². The quantitative estimate of drug-likeness (QED) is 0.634. The monoisotopic (exact) mass is 272 g/mol. The van der Waals surface area contributed by atoms with Gasteiger partial charge in [0.15, 0.2) is 0 Å². The summed E-state index contributed by atoms with van der Waals surface area (Å²) in [6.45, 7) is 0.608. The Labute approximate surface area is 111 Å². The Morgan fingerprint density at radius 2 is 1.95 bits per heavy atom. The summed E-state index contributed by atoms with van der Waals surface area (Å²) in [6.07, 6.45) is 2.96. The lowest BCUT2D eigenvalue weighted by Gasteiger charge is -2.30. The third-order valence-corrected chi connectivity index (χ3v) is 3.35. The predicted octanol–water partition coefficient (Wildman–Crippen LogP) is 0.746. The molecule has 1 rings (SSSR count). The van der Waals surface area contributed by atoms with Crippen molar-refractivity contribution in [3.05, 3.63) is 0 Å². The molecule has 7 heteroatoms. The standard InChI is InChI=1S/C12H20N2O5/c1-14(7-8-3-2-4-8)12(19)13-9(11(17)18)5-6-10(15)16/h8-9H,2-7H2,1H3,(H,13,19)(H,15,16)(H,17,18)/t9-/m0/s1. The molecule has 0 heterocycles. The number of carbonyl (C=O) groups excluding carboxylic acids is 1. The lowest BCUT2D eigenvalue weighted by Crippen LogP contribution is -2.48. The smallest absolute Gasteiger partial charge is 0.326 e. The molecule has 1 aliphatic carbocycles. The minimum atomic E-state index is -1.22. The molecule has 1 atom stereocenters. The first-order valence-corrected chi connectivity index (χ1v) is 6.36. The highest BCUT2D eigenvalue weighted by atomic mass is 16.4. The fraction of sp³-hybridized carbons (Fsp3) is 0.750. The average molecular weight is 272 g/mol. The van der Waals surface area contributed by atoms with Crippen LogP contribution in [0, 0.1) is 5.92 Å². The molecular formula is C12H20N2O5. The lowest BCUT2D eigenvalue weighted by molar-refractivity contribution is -0.140. The molecule has 0 saturated heterocycles. The van der Waals surface area contributed by atoms with Crippen LogP contribution in [0.3, 0.4) is 0 Å². The number of hydrogen-bond acceptors (Lipinski definition) is 3. The summed E-state index contributed by atoms with van der Waals surface area (Å²) in [5.41, 5.74) is 0. The number of nitrogens with zero attached hydrogens (tertiary/aromatic N) is 1. The minimum Gasteiger partial charge on any atom is -0.481 e. The van der Waals surface area contributed by atoms with Crippen LogP contribution in [-0.4, -0.2) is 52.7 Å². The third-order valence-electron chi connectivity index (χ3n) is 3.35. The van der Waals surface area contributed by atoms with Crippen molar-refractivity contribution in [2.45, 2.75) is 38.1 Å². The van der Waals surface area contributed by atoms with E-state index in [0.717, 1.165) is 12.8 Å². The van der Waals surface area contributed by atoms with E-state index < -0.39 is 24.0 Å². The molecule has 19 heavy (non-hydrogen) atoms. The SMILES string of the molecule is CN(CC1CCC1)C(=O)N[C@@H](CCC(=O)O)C(=O)O. The van der Waals surface area contributed by atoms with Crippen molar-refractivity contribution in [3.63, 3.8) is 0 Å². The number of hydrogen-bond donors (Lipinski definition) is 3. The van der Waals surface area contributed by atoms with Crippen LogP contribution in [0.2, 0.25) is 0 Å². The largest absolute Gasteiger partial charge is 0.481 e. The first-order valence-electron chi connectivity index (χ1n) is 6.36. The zero-order valence-electron chi connectivity index (χ0n) is 11.0. The summed E-state index contributed by atoms with van der Waals surface area (Å²) < 4.78 is 0. The molecule has 0 bridgehead atoms. The minimum absolute atomic E-state index is 0.117. The molecule has 1 fully saturated rings. The fourth-order valence-corrected chi connectivity index (χ4v) is 1.93. The third kappa shape index (κ3) is 5.15. The maximum Gasteiger partial charge on any atom is 0.326 e. The van der Waals surface area contributed by atoms with Gasteiger partial charge in [0.05, 0.1) is 0 Å². The van der Waals surface area contributed by atoms with Gasteiger partial charge in [-0.2, -0.15) is 0 Å². The van der Waals surface area contributed by atoms with Crippen molar-refractivity contribution in [1.29, 1.82) is 0 Å². The van der Waals surface area contributed by atoms with Crippen LogP contribution in [0.25, 0.3) is 0 Å². The summed E-state index contributed by atoms with van der Waals surface area (Å²) in [5.74, 6) is -1.80. The summed E-state index contributed by atoms with van der Waals surface area (Å²) in [4.78, 5) is 34.6. The van der Waals surface area contributed by atoms with Gasteiger partial charge < -0.3 is 20.4 Å². The molecule has 0 aromatic carbocycles. The molecule has 0 unspecified atom stereocenters. The van der Waals surface area contributed by atoms with Crippen LogP contribution < -0.4 is 5.32 Å². The van der Waals surface area contributed by atoms with Crippen LogP contribution in [0.1, 0.15) is 32.1 Å². The van der Waals surface area contributed by atoms with E-state index in [0.29, 0.717) is 12.5 Å². The van der Waals surface area contributed by atoms with Gasteiger partial charge in [-0.05, 0) is 25.2 Å². The van der Waals surface area contributed by atoms with Gasteiger partial charge in [-0.3, -0.25) is 4.79 Å². The Hall–Kier alpha value is -1.79. The van der Waals surface area contributed by atoms with Crippen LogP contribution >= 0.6 is 0 Å². The highest BCUT2D eigenvalue weighted by molar-refractivity contribution is 5.82. The summed E-state index contributed by atoms with van der Waals surface area (Å²) in [5, 5.41) is 19.8. The van der Waals surface area contributed by atoms with Crippen molar-refractivity contribution in [3.8, 4) is 0 Å². The van der Waals surface area contributed by atoms with E-state index in [4.69, 9.17) is 10.2 Å². The number of carboxylic acids is 2. The Morgan fingerprint density at radius 1 is 1.32 bits per heavy atom. The summed E-state index contributed by atoms with van der Waals surface area (Å²) in [6, 6.07) is -1.63. The van der Waals surface area contributed by atoms with Gasteiger partial charge in [-0.25, -0.2) is 9.59 Å². The number of carbonyl (C=O) groups is 3. The highest BCUT2D eigenvalue weighted by Gasteiger charge is 2.25. The molecule has 7 nitrogen and oxygen atoms in total. The van der Waals surface area contributed by atoms with Gasteiger partial charge in [-0.15, -0.1) is 0 Å². The second-order valence-electron chi connectivity index (χ2n) is 4.95. The molecular weight excluding hydrogens is 252 g/mol. The van der Waals surface area contributed by atoms with Gasteiger partial charge in [-0.1, -0.05) is 6.42 Å². The molecule has 3 N–H and O–H groups in total. The Bertz CT molecular complexity index is 354. The van der Waals surface area contributed by atoms with Gasteiger partial charge in [0.25, 0.3) is 0 Å². The van der Waals surface area contributed by atoms with E-state index in [1.165, 1.54) is 11.3 Å². The van der Waals surface area contributed by atoms with Gasteiger partial charge in [0, 0.05) is 20.0 Å². The Balaban J connectivity index is 2.40. The Kier molecular flexibility index (Phi) is 5.59. The number of amides is 2. The van der Waals surface area contributed by atoms with Crippen molar-refractivity contribution < 1.29 is 24.6 Å². The number of urea groups is 1. The van der Waals surface area contributed by atoms with Crippen molar-refractivity contribution in [2.24, 2.45) is 5.92 Å². The zero-order chi connectivity index (χ0) is 14.4. The van der Waals surface area contributed by atoms with Gasteiger partial charge in [0.1, 0.15) is 6.04 Å². The molecule has 0 radical (unpaired) electrons.